The number of nitrogens with zero attached hydrogens (tertiary/aromatic N) is 1. The molecule has 2 rings (SSSR count). The number of hydrogen-bond donors (Lipinski definition) is 1. The Kier molecular flexibility index (Phi) is 7.15. The smallest absolute Gasteiger partial charge is 0.0587 e. The van der Waals surface area contributed by atoms with E-state index in [2.05, 4.69) is 28.9 Å². The van der Waals surface area contributed by atoms with Gasteiger partial charge >= 0.3 is 0 Å². The summed E-state index contributed by atoms with van der Waals surface area (Å²) in [5.41, 5.74) is 0.516. The van der Waals surface area contributed by atoms with Gasteiger partial charge in [-0.05, 0) is 24.2 Å². The highest BCUT2D eigenvalue weighted by Gasteiger charge is 2.35. The SMILES string of the molecule is COCCNCC1(CN2CCSCC2)CCC(C)CC1. The Morgan fingerprint density at radius 3 is 2.60 bits per heavy atom. The highest BCUT2D eigenvalue weighted by molar-refractivity contribution is 7.99. The highest BCUT2D eigenvalue weighted by Crippen LogP contribution is 2.39. The second kappa shape index (κ2) is 8.62. The molecule has 20 heavy (non-hydrogen) atoms. The first kappa shape index (κ1) is 16.6. The number of thioether (sulfide) groups is 1. The summed E-state index contributed by atoms with van der Waals surface area (Å²) in [4.78, 5) is 2.71. The molecular formula is C16H32N2OS. The van der Waals surface area contributed by atoms with Gasteiger partial charge in [-0.1, -0.05) is 19.8 Å². The standard InChI is InChI=1S/C16H32N2OS/c1-15-3-5-16(6-4-15,13-17-7-10-19-2)14-18-8-11-20-12-9-18/h15,17H,3-14H2,1-2H3. The fourth-order valence-electron chi connectivity index (χ4n) is 3.53. The molecule has 1 N–H and O–H groups in total. The maximum absolute atomic E-state index is 5.16. The van der Waals surface area contributed by atoms with Crippen LogP contribution in [0.15, 0.2) is 0 Å². The molecule has 0 unspecified atom stereocenters. The number of nitrogens with one attached hydrogen (secondary N) is 1. The highest BCUT2D eigenvalue weighted by atomic mass is 32.2. The summed E-state index contributed by atoms with van der Waals surface area (Å²) in [6.45, 7) is 9.30. The van der Waals surface area contributed by atoms with Gasteiger partial charge in [0.05, 0.1) is 6.61 Å². The van der Waals surface area contributed by atoms with Crippen molar-refractivity contribution in [2.75, 3.05) is 57.9 Å². The van der Waals surface area contributed by atoms with Crippen molar-refractivity contribution < 1.29 is 4.74 Å². The zero-order chi connectivity index (χ0) is 14.3. The quantitative estimate of drug-likeness (QED) is 0.730. The third kappa shape index (κ3) is 5.21. The lowest BCUT2D eigenvalue weighted by Gasteiger charge is -2.44. The van der Waals surface area contributed by atoms with Gasteiger partial charge in [-0.2, -0.15) is 11.8 Å². The van der Waals surface area contributed by atoms with Crippen LogP contribution in [-0.2, 0) is 4.74 Å². The molecule has 1 saturated carbocycles. The molecule has 2 aliphatic rings. The summed E-state index contributed by atoms with van der Waals surface area (Å²) in [6.07, 6.45) is 5.62. The molecule has 0 radical (unpaired) electrons. The van der Waals surface area contributed by atoms with Crippen molar-refractivity contribution in [2.45, 2.75) is 32.6 Å². The summed E-state index contributed by atoms with van der Waals surface area (Å²) in [7, 11) is 1.78. The molecule has 4 heteroatoms. The summed E-state index contributed by atoms with van der Waals surface area (Å²) in [5, 5.41) is 3.64. The second-order valence-electron chi connectivity index (χ2n) is 6.74. The van der Waals surface area contributed by atoms with Crippen LogP contribution in [0.3, 0.4) is 0 Å². The van der Waals surface area contributed by atoms with Crippen molar-refractivity contribution in [2.24, 2.45) is 11.3 Å². The fraction of sp³-hybridized carbons (Fsp3) is 1.00. The second-order valence-corrected chi connectivity index (χ2v) is 7.97. The molecule has 118 valence electrons. The average Bonchev–Trinajstić information content (AvgIpc) is 2.48. The van der Waals surface area contributed by atoms with Gasteiger partial charge in [0, 0.05) is 51.3 Å². The first-order valence-electron chi connectivity index (χ1n) is 8.24. The molecule has 0 bridgehead atoms. The Bertz CT molecular complexity index is 261. The summed E-state index contributed by atoms with van der Waals surface area (Å²) >= 11 is 2.11. The van der Waals surface area contributed by atoms with E-state index in [1.165, 1.54) is 63.4 Å². The molecule has 0 amide bonds. The van der Waals surface area contributed by atoms with Crippen molar-refractivity contribution in [1.29, 1.82) is 0 Å². The van der Waals surface area contributed by atoms with Crippen LogP contribution in [0.5, 0.6) is 0 Å². The van der Waals surface area contributed by atoms with Gasteiger partial charge in [0.15, 0.2) is 0 Å². The Morgan fingerprint density at radius 1 is 1.25 bits per heavy atom. The van der Waals surface area contributed by atoms with Crippen LogP contribution in [-0.4, -0.2) is 62.8 Å². The van der Waals surface area contributed by atoms with Crippen LogP contribution in [0.25, 0.3) is 0 Å². The van der Waals surface area contributed by atoms with Crippen molar-refractivity contribution in [1.82, 2.24) is 10.2 Å². The first-order valence-corrected chi connectivity index (χ1v) is 9.39. The van der Waals surface area contributed by atoms with E-state index in [1.807, 2.05) is 0 Å². The molecule has 0 aromatic carbocycles. The lowest BCUT2D eigenvalue weighted by atomic mass is 9.70. The van der Waals surface area contributed by atoms with E-state index < -0.39 is 0 Å². The molecule has 0 aromatic heterocycles. The molecule has 2 fully saturated rings. The van der Waals surface area contributed by atoms with Crippen LogP contribution in [0.1, 0.15) is 32.6 Å². The van der Waals surface area contributed by atoms with Gasteiger partial charge in [0.2, 0.25) is 0 Å². The lowest BCUT2D eigenvalue weighted by Crippen LogP contribution is -2.48. The monoisotopic (exact) mass is 300 g/mol. The number of rotatable bonds is 7. The Balaban J connectivity index is 1.85. The number of methoxy groups -OCH3 is 1. The zero-order valence-electron chi connectivity index (χ0n) is 13.3. The van der Waals surface area contributed by atoms with Crippen LogP contribution in [0.4, 0.5) is 0 Å². The molecule has 3 nitrogen and oxygen atoms in total. The van der Waals surface area contributed by atoms with Crippen molar-refractivity contribution in [3.05, 3.63) is 0 Å². The van der Waals surface area contributed by atoms with Crippen LogP contribution < -0.4 is 5.32 Å². The average molecular weight is 301 g/mol. The summed E-state index contributed by atoms with van der Waals surface area (Å²) < 4.78 is 5.16. The summed E-state index contributed by atoms with van der Waals surface area (Å²) in [6, 6.07) is 0. The topological polar surface area (TPSA) is 24.5 Å². The molecule has 0 aromatic rings. The third-order valence-electron chi connectivity index (χ3n) is 4.98. The van der Waals surface area contributed by atoms with Crippen molar-refractivity contribution in [3.8, 4) is 0 Å². The first-order chi connectivity index (χ1) is 9.74. The Labute approximate surface area is 129 Å². The lowest BCUT2D eigenvalue weighted by molar-refractivity contribution is 0.0885. The van der Waals surface area contributed by atoms with E-state index in [0.717, 1.165) is 19.1 Å². The van der Waals surface area contributed by atoms with E-state index in [9.17, 15) is 0 Å². The van der Waals surface area contributed by atoms with E-state index in [0.29, 0.717) is 5.41 Å². The molecule has 0 spiro atoms. The van der Waals surface area contributed by atoms with Crippen molar-refractivity contribution in [3.63, 3.8) is 0 Å². The van der Waals surface area contributed by atoms with E-state index in [-0.39, 0.29) is 0 Å². The summed E-state index contributed by atoms with van der Waals surface area (Å²) in [5.74, 6) is 3.58. The predicted molar refractivity (Wildman–Crippen MR) is 88.6 cm³/mol. The van der Waals surface area contributed by atoms with Crippen LogP contribution in [0.2, 0.25) is 0 Å². The van der Waals surface area contributed by atoms with Crippen LogP contribution >= 0.6 is 11.8 Å². The van der Waals surface area contributed by atoms with Crippen molar-refractivity contribution >= 4 is 11.8 Å². The van der Waals surface area contributed by atoms with E-state index >= 15 is 0 Å². The molecule has 1 aliphatic heterocycles. The predicted octanol–water partition coefficient (Wildman–Crippen LogP) is 2.47. The van der Waals surface area contributed by atoms with Gasteiger partial charge in [0.25, 0.3) is 0 Å². The molecule has 1 saturated heterocycles. The van der Waals surface area contributed by atoms with E-state index in [1.54, 1.807) is 7.11 Å². The number of ether oxygens (including phenoxy) is 1. The largest absolute Gasteiger partial charge is 0.383 e. The molecule has 1 aliphatic carbocycles. The molecule has 0 atom stereocenters. The van der Waals surface area contributed by atoms with Gasteiger partial charge < -0.3 is 15.0 Å². The molecule has 1 heterocycles. The minimum absolute atomic E-state index is 0.516. The Hall–Kier alpha value is 0.230. The zero-order valence-corrected chi connectivity index (χ0v) is 14.1. The Morgan fingerprint density at radius 2 is 1.95 bits per heavy atom. The minimum Gasteiger partial charge on any atom is -0.383 e. The van der Waals surface area contributed by atoms with Gasteiger partial charge in [-0.15, -0.1) is 0 Å². The maximum atomic E-state index is 5.16. The van der Waals surface area contributed by atoms with Gasteiger partial charge in [0.1, 0.15) is 0 Å². The normalized spacial score (nSPS) is 32.4. The molecular weight excluding hydrogens is 268 g/mol. The van der Waals surface area contributed by atoms with Gasteiger partial charge in [-0.25, -0.2) is 0 Å². The third-order valence-corrected chi connectivity index (χ3v) is 5.92. The minimum atomic E-state index is 0.516. The van der Waals surface area contributed by atoms with Gasteiger partial charge in [-0.3, -0.25) is 0 Å². The van der Waals surface area contributed by atoms with E-state index in [4.69, 9.17) is 4.74 Å². The fourth-order valence-corrected chi connectivity index (χ4v) is 4.51. The number of hydrogen-bond acceptors (Lipinski definition) is 4. The van der Waals surface area contributed by atoms with Crippen LogP contribution in [0, 0.1) is 11.3 Å². The maximum Gasteiger partial charge on any atom is 0.0587 e.